The molecule has 0 heterocycles. The van der Waals surface area contributed by atoms with Gasteiger partial charge in [-0.1, -0.05) is 12.1 Å². The topological polar surface area (TPSA) is 20.2 Å². The summed E-state index contributed by atoms with van der Waals surface area (Å²) in [4.78, 5) is 0. The average molecular weight is 194 g/mol. The molecule has 2 rings (SSSR count). The van der Waals surface area contributed by atoms with Crippen molar-refractivity contribution in [3.05, 3.63) is 35.1 Å². The predicted molar refractivity (Wildman–Crippen MR) is 53.4 cm³/mol. The normalized spacial score (nSPS) is 20.6. The van der Waals surface area contributed by atoms with Gasteiger partial charge < -0.3 is 5.11 Å². The van der Waals surface area contributed by atoms with Crippen LogP contribution in [0, 0.1) is 18.7 Å². The highest BCUT2D eigenvalue weighted by Gasteiger charge is 2.41. The van der Waals surface area contributed by atoms with E-state index in [0.717, 1.165) is 12.8 Å². The van der Waals surface area contributed by atoms with Crippen molar-refractivity contribution in [2.24, 2.45) is 5.92 Å². The Morgan fingerprint density at radius 3 is 2.57 bits per heavy atom. The first-order valence-electron chi connectivity index (χ1n) is 5.01. The molecule has 0 spiro atoms. The third kappa shape index (κ3) is 1.55. The highest BCUT2D eigenvalue weighted by atomic mass is 19.1. The summed E-state index contributed by atoms with van der Waals surface area (Å²) in [6.07, 6.45) is 2.09. The lowest BCUT2D eigenvalue weighted by Crippen LogP contribution is -2.23. The first kappa shape index (κ1) is 9.66. The van der Waals surface area contributed by atoms with Crippen molar-refractivity contribution < 1.29 is 9.50 Å². The molecule has 0 amide bonds. The van der Waals surface area contributed by atoms with Crippen LogP contribution in [-0.4, -0.2) is 5.11 Å². The molecule has 1 fully saturated rings. The Kier molecular flexibility index (Phi) is 2.11. The van der Waals surface area contributed by atoms with E-state index in [4.69, 9.17) is 0 Å². The summed E-state index contributed by atoms with van der Waals surface area (Å²) >= 11 is 0. The average Bonchev–Trinajstić information content (AvgIpc) is 2.92. The molecule has 0 bridgehead atoms. The Balaban J connectivity index is 2.36. The smallest absolute Gasteiger partial charge is 0.126 e. The highest BCUT2D eigenvalue weighted by Crippen LogP contribution is 2.45. The van der Waals surface area contributed by atoms with E-state index in [1.165, 1.54) is 6.07 Å². The van der Waals surface area contributed by atoms with Crippen molar-refractivity contribution in [1.29, 1.82) is 0 Å². The van der Waals surface area contributed by atoms with E-state index in [0.29, 0.717) is 17.0 Å². The minimum atomic E-state index is -0.853. The zero-order valence-electron chi connectivity index (χ0n) is 8.55. The van der Waals surface area contributed by atoms with Crippen molar-refractivity contribution in [3.63, 3.8) is 0 Å². The zero-order chi connectivity index (χ0) is 10.3. The fourth-order valence-corrected chi connectivity index (χ4v) is 1.79. The number of hydrogen-bond acceptors (Lipinski definition) is 1. The zero-order valence-corrected chi connectivity index (χ0v) is 8.55. The molecule has 1 unspecified atom stereocenters. The summed E-state index contributed by atoms with van der Waals surface area (Å²) in [6, 6.07) is 4.99. The van der Waals surface area contributed by atoms with E-state index >= 15 is 0 Å². The van der Waals surface area contributed by atoms with Crippen LogP contribution >= 0.6 is 0 Å². The Morgan fingerprint density at radius 2 is 2.07 bits per heavy atom. The number of benzene rings is 1. The molecule has 1 N–H and O–H groups in total. The second kappa shape index (κ2) is 3.06. The van der Waals surface area contributed by atoms with E-state index < -0.39 is 5.60 Å². The van der Waals surface area contributed by atoms with Gasteiger partial charge in [-0.15, -0.1) is 0 Å². The molecule has 0 aliphatic heterocycles. The standard InChI is InChI=1S/C12H15FO/c1-8-3-4-10(7-11(8)13)12(2,14)9-5-6-9/h3-4,7,9,14H,5-6H2,1-2H3. The van der Waals surface area contributed by atoms with Gasteiger partial charge in [-0.05, 0) is 49.8 Å². The molecule has 14 heavy (non-hydrogen) atoms. The first-order valence-corrected chi connectivity index (χ1v) is 5.01. The van der Waals surface area contributed by atoms with Crippen molar-refractivity contribution in [2.75, 3.05) is 0 Å². The number of aryl methyl sites for hydroxylation is 1. The molecule has 76 valence electrons. The van der Waals surface area contributed by atoms with Crippen LogP contribution in [0.3, 0.4) is 0 Å². The number of halogens is 1. The maximum atomic E-state index is 13.3. The fourth-order valence-electron chi connectivity index (χ4n) is 1.79. The van der Waals surface area contributed by atoms with Crippen molar-refractivity contribution in [2.45, 2.75) is 32.3 Å². The van der Waals surface area contributed by atoms with Gasteiger partial charge >= 0.3 is 0 Å². The second-order valence-electron chi connectivity index (χ2n) is 4.39. The van der Waals surface area contributed by atoms with Crippen LogP contribution < -0.4 is 0 Å². The molecular weight excluding hydrogens is 179 g/mol. The van der Waals surface area contributed by atoms with Crippen molar-refractivity contribution >= 4 is 0 Å². The summed E-state index contributed by atoms with van der Waals surface area (Å²) in [5, 5.41) is 10.2. The minimum absolute atomic E-state index is 0.233. The SMILES string of the molecule is Cc1ccc(C(C)(O)C2CC2)cc1F. The van der Waals surface area contributed by atoms with Crippen LogP contribution in [0.2, 0.25) is 0 Å². The molecule has 1 aromatic carbocycles. The van der Waals surface area contributed by atoms with Crippen LogP contribution in [0.25, 0.3) is 0 Å². The summed E-state index contributed by atoms with van der Waals surface area (Å²) < 4.78 is 13.3. The van der Waals surface area contributed by atoms with Crippen LogP contribution in [0.5, 0.6) is 0 Å². The van der Waals surface area contributed by atoms with E-state index in [9.17, 15) is 9.50 Å². The summed E-state index contributed by atoms with van der Waals surface area (Å²) in [7, 11) is 0. The molecule has 1 saturated carbocycles. The van der Waals surface area contributed by atoms with Gasteiger partial charge in [-0.25, -0.2) is 4.39 Å². The summed E-state index contributed by atoms with van der Waals surface area (Å²) in [5.41, 5.74) is 0.470. The molecular formula is C12H15FO. The van der Waals surface area contributed by atoms with Gasteiger partial charge in [0.2, 0.25) is 0 Å². The van der Waals surface area contributed by atoms with Gasteiger partial charge in [0.05, 0.1) is 5.60 Å². The van der Waals surface area contributed by atoms with Gasteiger partial charge in [-0.2, -0.15) is 0 Å². The third-order valence-electron chi connectivity index (χ3n) is 3.13. The number of aliphatic hydroxyl groups is 1. The molecule has 0 saturated heterocycles. The highest BCUT2D eigenvalue weighted by molar-refractivity contribution is 5.29. The first-order chi connectivity index (χ1) is 6.51. The third-order valence-corrected chi connectivity index (χ3v) is 3.13. The molecule has 0 radical (unpaired) electrons. The monoisotopic (exact) mass is 194 g/mol. The van der Waals surface area contributed by atoms with Gasteiger partial charge in [0.25, 0.3) is 0 Å². The molecule has 2 heteroatoms. The Morgan fingerprint density at radius 1 is 1.43 bits per heavy atom. The van der Waals surface area contributed by atoms with Crippen LogP contribution in [0.1, 0.15) is 30.9 Å². The molecule has 1 nitrogen and oxygen atoms in total. The minimum Gasteiger partial charge on any atom is -0.385 e. The van der Waals surface area contributed by atoms with Crippen LogP contribution in [-0.2, 0) is 5.60 Å². The van der Waals surface area contributed by atoms with Crippen LogP contribution in [0.15, 0.2) is 18.2 Å². The molecule has 1 aliphatic rings. The van der Waals surface area contributed by atoms with E-state index in [1.54, 1.807) is 19.9 Å². The largest absolute Gasteiger partial charge is 0.385 e. The molecule has 1 aliphatic carbocycles. The molecule has 1 atom stereocenters. The van der Waals surface area contributed by atoms with Gasteiger partial charge in [-0.3, -0.25) is 0 Å². The van der Waals surface area contributed by atoms with Gasteiger partial charge in [0, 0.05) is 0 Å². The van der Waals surface area contributed by atoms with Crippen molar-refractivity contribution in [3.8, 4) is 0 Å². The fraction of sp³-hybridized carbons (Fsp3) is 0.500. The summed E-state index contributed by atoms with van der Waals surface area (Å²) in [6.45, 7) is 3.50. The second-order valence-corrected chi connectivity index (χ2v) is 4.39. The lowest BCUT2D eigenvalue weighted by atomic mass is 9.90. The van der Waals surface area contributed by atoms with E-state index in [1.807, 2.05) is 6.07 Å². The molecule has 1 aromatic rings. The van der Waals surface area contributed by atoms with E-state index in [2.05, 4.69) is 0 Å². The van der Waals surface area contributed by atoms with Gasteiger partial charge in [0.15, 0.2) is 0 Å². The van der Waals surface area contributed by atoms with Gasteiger partial charge in [0.1, 0.15) is 5.82 Å². The molecule has 0 aromatic heterocycles. The maximum absolute atomic E-state index is 13.3. The lowest BCUT2D eigenvalue weighted by Gasteiger charge is -2.23. The Bertz CT molecular complexity index is 353. The Hall–Kier alpha value is -0.890. The quantitative estimate of drug-likeness (QED) is 0.767. The van der Waals surface area contributed by atoms with E-state index in [-0.39, 0.29) is 5.82 Å². The Labute approximate surface area is 83.6 Å². The number of rotatable bonds is 2. The lowest BCUT2D eigenvalue weighted by molar-refractivity contribution is 0.0327. The number of hydrogen-bond donors (Lipinski definition) is 1. The summed E-state index contributed by atoms with van der Waals surface area (Å²) in [5.74, 6) is 0.0769. The predicted octanol–water partition coefficient (Wildman–Crippen LogP) is 2.75. The van der Waals surface area contributed by atoms with Crippen LogP contribution in [0.4, 0.5) is 4.39 Å². The van der Waals surface area contributed by atoms with Crippen molar-refractivity contribution in [1.82, 2.24) is 0 Å². The maximum Gasteiger partial charge on any atom is 0.126 e.